The summed E-state index contributed by atoms with van der Waals surface area (Å²) in [6, 6.07) is 15.6. The van der Waals surface area contributed by atoms with Crippen LogP contribution in [0.1, 0.15) is 16.8 Å². The molecule has 0 spiro atoms. The molecule has 4 heteroatoms. The third kappa shape index (κ3) is 2.66. The summed E-state index contributed by atoms with van der Waals surface area (Å²) >= 11 is 3.47. The number of carbonyl (C=O) groups is 1. The average molecular weight is 358 g/mol. The fourth-order valence-electron chi connectivity index (χ4n) is 2.57. The molecule has 1 aromatic heterocycles. The van der Waals surface area contributed by atoms with E-state index in [1.807, 2.05) is 62.4 Å². The topological polar surface area (TPSA) is 31.2 Å². The standard InChI is InChI=1S/C18H16BrNO2/c1-12-13(2)20(17-9-8-15(19)10-16(12)17)18(21)22-11-14-6-4-3-5-7-14/h3-10H,11H2,1-2H3. The van der Waals surface area contributed by atoms with E-state index in [0.29, 0.717) is 0 Å². The third-order valence-electron chi connectivity index (χ3n) is 3.87. The molecule has 3 aromatic rings. The Bertz CT molecular complexity index is 837. The Morgan fingerprint density at radius 3 is 2.59 bits per heavy atom. The predicted octanol–water partition coefficient (Wildman–Crippen LogP) is 5.21. The largest absolute Gasteiger partial charge is 0.444 e. The molecule has 1 heterocycles. The van der Waals surface area contributed by atoms with Gasteiger partial charge < -0.3 is 4.74 Å². The zero-order valence-corrected chi connectivity index (χ0v) is 14.1. The second kappa shape index (κ2) is 5.97. The van der Waals surface area contributed by atoms with E-state index >= 15 is 0 Å². The fourth-order valence-corrected chi connectivity index (χ4v) is 2.93. The third-order valence-corrected chi connectivity index (χ3v) is 4.36. The van der Waals surface area contributed by atoms with Crippen LogP contribution < -0.4 is 0 Å². The highest BCUT2D eigenvalue weighted by molar-refractivity contribution is 9.10. The van der Waals surface area contributed by atoms with Crippen molar-refractivity contribution in [2.45, 2.75) is 20.5 Å². The maximum atomic E-state index is 12.5. The highest BCUT2D eigenvalue weighted by Crippen LogP contribution is 2.28. The average Bonchev–Trinajstić information content (AvgIpc) is 2.78. The van der Waals surface area contributed by atoms with E-state index in [-0.39, 0.29) is 12.7 Å². The van der Waals surface area contributed by atoms with Gasteiger partial charge in [0.15, 0.2) is 0 Å². The van der Waals surface area contributed by atoms with Gasteiger partial charge in [-0.15, -0.1) is 0 Å². The SMILES string of the molecule is Cc1c(C)n(C(=O)OCc2ccccc2)c2ccc(Br)cc12. The van der Waals surface area contributed by atoms with E-state index in [4.69, 9.17) is 4.74 Å². The molecule has 112 valence electrons. The van der Waals surface area contributed by atoms with E-state index in [2.05, 4.69) is 15.9 Å². The minimum absolute atomic E-state index is 0.272. The van der Waals surface area contributed by atoms with Crippen LogP contribution in [0.2, 0.25) is 0 Å². The molecule has 0 bridgehead atoms. The highest BCUT2D eigenvalue weighted by atomic mass is 79.9. The second-order valence-corrected chi connectivity index (χ2v) is 6.16. The first-order valence-electron chi connectivity index (χ1n) is 7.06. The molecule has 0 unspecified atom stereocenters. The zero-order chi connectivity index (χ0) is 15.7. The molecule has 0 aliphatic heterocycles. The van der Waals surface area contributed by atoms with E-state index in [9.17, 15) is 4.79 Å². The van der Waals surface area contributed by atoms with Crippen LogP contribution in [-0.4, -0.2) is 10.7 Å². The van der Waals surface area contributed by atoms with Gasteiger partial charge in [-0.1, -0.05) is 46.3 Å². The Balaban J connectivity index is 1.92. The molecule has 0 aliphatic rings. The number of rotatable bonds is 2. The summed E-state index contributed by atoms with van der Waals surface area (Å²) in [6.45, 7) is 4.23. The van der Waals surface area contributed by atoms with Crippen molar-refractivity contribution in [3.8, 4) is 0 Å². The number of benzene rings is 2. The van der Waals surface area contributed by atoms with E-state index in [1.165, 1.54) is 0 Å². The minimum Gasteiger partial charge on any atom is -0.444 e. The number of fused-ring (bicyclic) bond motifs is 1. The lowest BCUT2D eigenvalue weighted by atomic mass is 10.2. The second-order valence-electron chi connectivity index (χ2n) is 5.25. The van der Waals surface area contributed by atoms with E-state index in [1.54, 1.807) is 4.57 Å². The number of nitrogens with zero attached hydrogens (tertiary/aromatic N) is 1. The van der Waals surface area contributed by atoms with Crippen molar-refractivity contribution in [2.24, 2.45) is 0 Å². The highest BCUT2D eigenvalue weighted by Gasteiger charge is 2.17. The number of halogens is 1. The first-order chi connectivity index (χ1) is 10.6. The van der Waals surface area contributed by atoms with Crippen molar-refractivity contribution in [1.29, 1.82) is 0 Å². The van der Waals surface area contributed by atoms with Gasteiger partial charge in [0.2, 0.25) is 0 Å². The lowest BCUT2D eigenvalue weighted by molar-refractivity contribution is 0.142. The first-order valence-corrected chi connectivity index (χ1v) is 7.85. The van der Waals surface area contributed by atoms with Gasteiger partial charge in [0.05, 0.1) is 5.52 Å². The predicted molar refractivity (Wildman–Crippen MR) is 91.1 cm³/mol. The van der Waals surface area contributed by atoms with Crippen LogP contribution in [0.15, 0.2) is 53.0 Å². The lowest BCUT2D eigenvalue weighted by Crippen LogP contribution is -2.15. The maximum Gasteiger partial charge on any atom is 0.419 e. The van der Waals surface area contributed by atoms with Gasteiger partial charge in [0.1, 0.15) is 6.61 Å². The number of aryl methyl sites for hydroxylation is 1. The summed E-state index contributed by atoms with van der Waals surface area (Å²) in [5, 5.41) is 1.06. The molecule has 0 atom stereocenters. The van der Waals surface area contributed by atoms with Gasteiger partial charge in [0, 0.05) is 15.6 Å². The number of aromatic nitrogens is 1. The van der Waals surface area contributed by atoms with Crippen LogP contribution in [-0.2, 0) is 11.3 Å². The molecule has 0 saturated heterocycles. The molecule has 0 aliphatic carbocycles. The molecule has 2 aromatic carbocycles. The van der Waals surface area contributed by atoms with Gasteiger partial charge in [-0.2, -0.15) is 0 Å². The van der Waals surface area contributed by atoms with Gasteiger partial charge in [0.25, 0.3) is 0 Å². The summed E-state index contributed by atoms with van der Waals surface area (Å²) < 4.78 is 8.10. The van der Waals surface area contributed by atoms with Crippen LogP contribution in [0, 0.1) is 13.8 Å². The Kier molecular flexibility index (Phi) is 4.03. The molecular weight excluding hydrogens is 342 g/mol. The smallest absolute Gasteiger partial charge is 0.419 e. The van der Waals surface area contributed by atoms with Crippen LogP contribution in [0.25, 0.3) is 10.9 Å². The van der Waals surface area contributed by atoms with Gasteiger partial charge in [-0.3, -0.25) is 0 Å². The molecule has 0 amide bonds. The van der Waals surface area contributed by atoms with Crippen LogP contribution in [0.5, 0.6) is 0 Å². The Labute approximate surface area is 137 Å². The van der Waals surface area contributed by atoms with Gasteiger partial charge in [-0.05, 0) is 43.2 Å². The fraction of sp³-hybridized carbons (Fsp3) is 0.167. The number of hydrogen-bond donors (Lipinski definition) is 0. The van der Waals surface area contributed by atoms with Crippen molar-refractivity contribution in [1.82, 2.24) is 4.57 Å². The molecular formula is C18H16BrNO2. The van der Waals surface area contributed by atoms with Crippen LogP contribution in [0.3, 0.4) is 0 Å². The summed E-state index contributed by atoms with van der Waals surface area (Å²) in [6.07, 6.45) is -0.346. The maximum absolute atomic E-state index is 12.5. The summed E-state index contributed by atoms with van der Waals surface area (Å²) in [7, 11) is 0. The molecule has 22 heavy (non-hydrogen) atoms. The number of carbonyl (C=O) groups excluding carboxylic acids is 1. The van der Waals surface area contributed by atoms with Crippen molar-refractivity contribution in [3.63, 3.8) is 0 Å². The van der Waals surface area contributed by atoms with Gasteiger partial charge in [-0.25, -0.2) is 9.36 Å². The monoisotopic (exact) mass is 357 g/mol. The molecule has 3 rings (SSSR count). The molecule has 0 radical (unpaired) electrons. The van der Waals surface area contributed by atoms with Gasteiger partial charge >= 0.3 is 6.09 Å². The minimum atomic E-state index is -0.346. The summed E-state index contributed by atoms with van der Waals surface area (Å²) in [5.74, 6) is 0. The molecule has 3 nitrogen and oxygen atoms in total. The quantitative estimate of drug-likeness (QED) is 0.630. The number of ether oxygens (including phenoxy) is 1. The van der Waals surface area contributed by atoms with E-state index in [0.717, 1.165) is 32.2 Å². The summed E-state index contributed by atoms with van der Waals surface area (Å²) in [4.78, 5) is 12.5. The molecule has 0 saturated carbocycles. The lowest BCUT2D eigenvalue weighted by Gasteiger charge is -2.08. The normalized spacial score (nSPS) is 10.9. The molecule has 0 fully saturated rings. The van der Waals surface area contributed by atoms with Crippen molar-refractivity contribution >= 4 is 32.9 Å². The zero-order valence-electron chi connectivity index (χ0n) is 12.5. The Morgan fingerprint density at radius 1 is 1.14 bits per heavy atom. The van der Waals surface area contributed by atoms with Crippen molar-refractivity contribution in [2.75, 3.05) is 0 Å². The van der Waals surface area contributed by atoms with Crippen molar-refractivity contribution in [3.05, 3.63) is 69.8 Å². The van der Waals surface area contributed by atoms with E-state index < -0.39 is 0 Å². The van der Waals surface area contributed by atoms with Crippen LogP contribution in [0.4, 0.5) is 4.79 Å². The molecule has 0 N–H and O–H groups in total. The first kappa shape index (κ1) is 14.9. The Hall–Kier alpha value is -2.07. The Morgan fingerprint density at radius 2 is 1.86 bits per heavy atom. The summed E-state index contributed by atoms with van der Waals surface area (Å²) in [5.41, 5.74) is 3.85. The number of hydrogen-bond acceptors (Lipinski definition) is 2. The van der Waals surface area contributed by atoms with Crippen molar-refractivity contribution < 1.29 is 9.53 Å². The van der Waals surface area contributed by atoms with Crippen LogP contribution >= 0.6 is 15.9 Å².